The van der Waals surface area contributed by atoms with Gasteiger partial charge in [0.15, 0.2) is 0 Å². The monoisotopic (exact) mass is 345 g/mol. The lowest BCUT2D eigenvalue weighted by molar-refractivity contribution is 0.0970. The molecule has 3 rings (SSSR count). The van der Waals surface area contributed by atoms with E-state index in [0.29, 0.717) is 17.5 Å². The maximum atomic E-state index is 10.4. The number of ether oxygens (including phenoxy) is 1. The molecule has 1 atom stereocenters. The van der Waals surface area contributed by atoms with Gasteiger partial charge in [-0.25, -0.2) is 0 Å². The van der Waals surface area contributed by atoms with Crippen LogP contribution in [0.5, 0.6) is 5.75 Å². The number of benzene rings is 2. The van der Waals surface area contributed by atoms with E-state index in [1.807, 2.05) is 36.4 Å². The van der Waals surface area contributed by atoms with Crippen LogP contribution in [-0.2, 0) is 0 Å². The summed E-state index contributed by atoms with van der Waals surface area (Å²) in [6, 6.07) is 15.8. The molecule has 3 nitrogen and oxygen atoms in total. The average Bonchev–Trinajstić information content (AvgIpc) is 2.62. The zero-order valence-electron chi connectivity index (χ0n) is 14.0. The second kappa shape index (κ2) is 8.02. The van der Waals surface area contributed by atoms with Crippen molar-refractivity contribution in [3.8, 4) is 5.75 Å². The lowest BCUT2D eigenvalue weighted by atomic mass is 9.88. The Balaban J connectivity index is 1.57. The molecule has 1 aliphatic rings. The largest absolute Gasteiger partial charge is 0.496 e. The highest BCUT2D eigenvalue weighted by Crippen LogP contribution is 2.34. The number of para-hydroxylation sites is 1. The van der Waals surface area contributed by atoms with Crippen LogP contribution in [0.3, 0.4) is 0 Å². The van der Waals surface area contributed by atoms with E-state index in [2.05, 4.69) is 17.0 Å². The quantitative estimate of drug-likeness (QED) is 0.878. The smallest absolute Gasteiger partial charge is 0.122 e. The van der Waals surface area contributed by atoms with Crippen molar-refractivity contribution in [2.24, 2.45) is 0 Å². The lowest BCUT2D eigenvalue weighted by Crippen LogP contribution is -2.36. The summed E-state index contributed by atoms with van der Waals surface area (Å²) in [6.45, 7) is 2.62. The van der Waals surface area contributed by atoms with Gasteiger partial charge in [0.1, 0.15) is 5.75 Å². The van der Waals surface area contributed by atoms with Crippen LogP contribution in [0, 0.1) is 0 Å². The molecule has 0 amide bonds. The van der Waals surface area contributed by atoms with Gasteiger partial charge < -0.3 is 14.7 Å². The molecule has 0 bridgehead atoms. The summed E-state index contributed by atoms with van der Waals surface area (Å²) in [5.74, 6) is 1.51. The van der Waals surface area contributed by atoms with Crippen molar-refractivity contribution in [3.63, 3.8) is 0 Å². The number of likely N-dealkylation sites (tertiary alicyclic amines) is 1. The minimum absolute atomic E-state index is 0.494. The molecule has 1 saturated heterocycles. The molecule has 0 radical (unpaired) electrons. The van der Waals surface area contributed by atoms with Crippen molar-refractivity contribution in [2.75, 3.05) is 26.7 Å². The van der Waals surface area contributed by atoms with Crippen molar-refractivity contribution in [1.82, 2.24) is 4.90 Å². The fourth-order valence-corrected chi connectivity index (χ4v) is 3.69. The maximum absolute atomic E-state index is 10.4. The van der Waals surface area contributed by atoms with Crippen molar-refractivity contribution in [1.29, 1.82) is 0 Å². The number of methoxy groups -OCH3 is 1. The molecular weight excluding hydrogens is 322 g/mol. The predicted molar refractivity (Wildman–Crippen MR) is 97.8 cm³/mol. The molecule has 128 valence electrons. The molecule has 4 heteroatoms. The Labute approximate surface area is 148 Å². The number of rotatable bonds is 5. The molecule has 1 heterocycles. The van der Waals surface area contributed by atoms with Crippen LogP contribution < -0.4 is 4.74 Å². The van der Waals surface area contributed by atoms with Gasteiger partial charge in [0.25, 0.3) is 0 Å². The van der Waals surface area contributed by atoms with Crippen LogP contribution in [0.15, 0.2) is 48.5 Å². The molecule has 2 aromatic carbocycles. The van der Waals surface area contributed by atoms with Gasteiger partial charge in [0.05, 0.1) is 13.2 Å². The van der Waals surface area contributed by atoms with Gasteiger partial charge in [-0.2, -0.15) is 0 Å². The van der Waals surface area contributed by atoms with E-state index in [-0.39, 0.29) is 0 Å². The first-order valence-corrected chi connectivity index (χ1v) is 8.84. The van der Waals surface area contributed by atoms with Gasteiger partial charge in [-0.05, 0) is 61.2 Å². The van der Waals surface area contributed by atoms with Gasteiger partial charge >= 0.3 is 0 Å². The fourth-order valence-electron chi connectivity index (χ4n) is 3.49. The maximum Gasteiger partial charge on any atom is 0.122 e. The Morgan fingerprint density at radius 3 is 2.62 bits per heavy atom. The third-order valence-electron chi connectivity index (χ3n) is 4.83. The van der Waals surface area contributed by atoms with Gasteiger partial charge in [0.2, 0.25) is 0 Å². The number of aliphatic hydroxyl groups excluding tert-OH is 1. The summed E-state index contributed by atoms with van der Waals surface area (Å²) in [4.78, 5) is 2.33. The Kier molecular flexibility index (Phi) is 5.77. The summed E-state index contributed by atoms with van der Waals surface area (Å²) in [6.07, 6.45) is 1.68. The average molecular weight is 346 g/mol. The summed E-state index contributed by atoms with van der Waals surface area (Å²) in [7, 11) is 1.73. The van der Waals surface area contributed by atoms with E-state index in [9.17, 15) is 5.11 Å². The fraction of sp³-hybridized carbons (Fsp3) is 0.400. The Morgan fingerprint density at radius 1 is 1.17 bits per heavy atom. The normalized spacial score (nSPS) is 17.6. The van der Waals surface area contributed by atoms with Crippen LogP contribution in [0.4, 0.5) is 0 Å². The van der Waals surface area contributed by atoms with E-state index >= 15 is 0 Å². The van der Waals surface area contributed by atoms with Crippen molar-refractivity contribution in [2.45, 2.75) is 24.9 Å². The highest BCUT2D eigenvalue weighted by molar-refractivity contribution is 6.30. The zero-order valence-corrected chi connectivity index (χ0v) is 14.7. The number of nitrogens with zero attached hydrogens (tertiary/aromatic N) is 1. The van der Waals surface area contributed by atoms with E-state index in [0.717, 1.165) is 37.2 Å². The van der Waals surface area contributed by atoms with Crippen LogP contribution in [-0.4, -0.2) is 36.8 Å². The molecule has 0 saturated carbocycles. The van der Waals surface area contributed by atoms with Crippen LogP contribution in [0.2, 0.25) is 5.02 Å². The molecule has 1 aliphatic heterocycles. The first-order valence-electron chi connectivity index (χ1n) is 8.46. The third kappa shape index (κ3) is 4.10. The summed E-state index contributed by atoms with van der Waals surface area (Å²) in [5, 5.41) is 11.1. The number of aliphatic hydroxyl groups is 1. The lowest BCUT2D eigenvalue weighted by Gasteiger charge is -2.33. The first kappa shape index (κ1) is 17.3. The molecule has 24 heavy (non-hydrogen) atoms. The molecular formula is C20H24ClNO2. The summed E-state index contributed by atoms with van der Waals surface area (Å²) < 4.78 is 5.49. The molecule has 0 aromatic heterocycles. The topological polar surface area (TPSA) is 32.7 Å². The van der Waals surface area contributed by atoms with Crippen molar-refractivity contribution in [3.05, 3.63) is 64.7 Å². The van der Waals surface area contributed by atoms with Crippen LogP contribution >= 0.6 is 11.6 Å². The summed E-state index contributed by atoms with van der Waals surface area (Å²) >= 11 is 6.01. The molecule has 0 spiro atoms. The van der Waals surface area contributed by atoms with E-state index < -0.39 is 6.10 Å². The van der Waals surface area contributed by atoms with Crippen LogP contribution in [0.25, 0.3) is 0 Å². The van der Waals surface area contributed by atoms with E-state index in [4.69, 9.17) is 16.3 Å². The van der Waals surface area contributed by atoms with Crippen LogP contribution in [0.1, 0.15) is 36.0 Å². The number of piperidine rings is 1. The Morgan fingerprint density at radius 2 is 1.92 bits per heavy atom. The van der Waals surface area contributed by atoms with Gasteiger partial charge in [0, 0.05) is 11.6 Å². The molecule has 1 fully saturated rings. The number of hydrogen-bond acceptors (Lipinski definition) is 3. The Hall–Kier alpha value is -1.55. The van der Waals surface area contributed by atoms with Gasteiger partial charge in [-0.1, -0.05) is 41.9 Å². The standard InChI is InChI=1S/C20H24ClNO2/c1-24-20-8-3-2-7-18(20)15-9-11-22(12-10-15)14-19(23)16-5-4-6-17(21)13-16/h2-8,13,15,19,23H,9-12,14H2,1H3. The van der Waals surface area contributed by atoms with Gasteiger partial charge in [-0.15, -0.1) is 0 Å². The SMILES string of the molecule is COc1ccccc1C1CCN(CC(O)c2cccc(Cl)c2)CC1. The molecule has 1 unspecified atom stereocenters. The zero-order chi connectivity index (χ0) is 16.9. The molecule has 2 aromatic rings. The minimum atomic E-state index is -0.494. The number of β-amino-alcohol motifs (C(OH)–C–C–N with tert-alkyl or cyclic N) is 1. The number of hydrogen-bond donors (Lipinski definition) is 1. The summed E-state index contributed by atoms with van der Waals surface area (Å²) in [5.41, 5.74) is 2.18. The van der Waals surface area contributed by atoms with E-state index in [1.165, 1.54) is 5.56 Å². The van der Waals surface area contributed by atoms with E-state index in [1.54, 1.807) is 7.11 Å². The van der Waals surface area contributed by atoms with Crippen molar-refractivity contribution >= 4 is 11.6 Å². The predicted octanol–water partition coefficient (Wildman–Crippen LogP) is 4.26. The first-order chi connectivity index (χ1) is 11.7. The molecule has 0 aliphatic carbocycles. The second-order valence-electron chi connectivity index (χ2n) is 6.39. The highest BCUT2D eigenvalue weighted by Gasteiger charge is 2.24. The Bertz CT molecular complexity index is 668. The molecule has 1 N–H and O–H groups in total. The van der Waals surface area contributed by atoms with Crippen molar-refractivity contribution < 1.29 is 9.84 Å². The second-order valence-corrected chi connectivity index (χ2v) is 6.82. The van der Waals surface area contributed by atoms with Gasteiger partial charge in [-0.3, -0.25) is 0 Å². The number of halogens is 1. The highest BCUT2D eigenvalue weighted by atomic mass is 35.5. The third-order valence-corrected chi connectivity index (χ3v) is 5.07. The minimum Gasteiger partial charge on any atom is -0.496 e.